The van der Waals surface area contributed by atoms with Crippen LogP contribution < -0.4 is 4.74 Å². The number of rotatable bonds is 2. The lowest BCUT2D eigenvalue weighted by molar-refractivity contribution is 0.146. The SMILES string of the molecule is C[C@H]1CN(C)Cc2c(c(Br)nn2CCO)/C=C/c2[nH]nc3ccc(cc23)-c2cnn(C)c2O1. The van der Waals surface area contributed by atoms with Crippen molar-refractivity contribution < 1.29 is 9.84 Å². The Morgan fingerprint density at radius 3 is 2.94 bits per heavy atom. The number of aromatic nitrogens is 6. The molecule has 2 N–H and O–H groups in total. The molecule has 1 aliphatic rings. The Hall–Kier alpha value is -2.95. The number of aromatic amines is 1. The van der Waals surface area contributed by atoms with Gasteiger partial charge in [0.1, 0.15) is 10.7 Å². The van der Waals surface area contributed by atoms with E-state index in [0.29, 0.717) is 19.6 Å². The Bertz CT molecular complexity index is 1340. The summed E-state index contributed by atoms with van der Waals surface area (Å²) < 4.78 is 10.7. The second kappa shape index (κ2) is 8.77. The molecule has 0 spiro atoms. The van der Waals surface area contributed by atoms with Crippen molar-refractivity contribution in [3.8, 4) is 17.0 Å². The summed E-state index contributed by atoms with van der Waals surface area (Å²) in [4.78, 5) is 2.20. The van der Waals surface area contributed by atoms with Gasteiger partial charge >= 0.3 is 0 Å². The topological polar surface area (TPSA) is 97.0 Å². The van der Waals surface area contributed by atoms with Gasteiger partial charge in [0.2, 0.25) is 5.88 Å². The molecule has 0 radical (unpaired) electrons. The van der Waals surface area contributed by atoms with Crippen LogP contribution in [0.15, 0.2) is 29.0 Å². The van der Waals surface area contributed by atoms with Crippen molar-refractivity contribution in [2.75, 3.05) is 20.2 Å². The predicted molar refractivity (Wildman–Crippen MR) is 131 cm³/mol. The molecule has 2 bridgehead atoms. The van der Waals surface area contributed by atoms with Gasteiger partial charge in [-0.3, -0.25) is 14.7 Å². The average Bonchev–Trinajstić information content (AvgIpc) is 3.43. The smallest absolute Gasteiger partial charge is 0.219 e. The number of benzene rings is 1. The first-order valence-electron chi connectivity index (χ1n) is 10.8. The van der Waals surface area contributed by atoms with Gasteiger partial charge in [-0.1, -0.05) is 6.07 Å². The summed E-state index contributed by atoms with van der Waals surface area (Å²) in [6.45, 7) is 3.86. The number of hydrogen-bond acceptors (Lipinski definition) is 6. The molecule has 0 unspecified atom stereocenters. The van der Waals surface area contributed by atoms with Gasteiger partial charge in [-0.15, -0.1) is 0 Å². The van der Waals surface area contributed by atoms with Crippen molar-refractivity contribution in [1.82, 2.24) is 34.7 Å². The molecule has 0 fully saturated rings. The van der Waals surface area contributed by atoms with Crippen LogP contribution in [0.3, 0.4) is 0 Å². The number of likely N-dealkylation sites (N-methyl/N-ethyl adjacent to an activating group) is 1. The minimum atomic E-state index is -0.0702. The lowest BCUT2D eigenvalue weighted by atomic mass is 10.1. The van der Waals surface area contributed by atoms with E-state index in [0.717, 1.165) is 49.5 Å². The van der Waals surface area contributed by atoms with E-state index in [2.05, 4.69) is 61.3 Å². The first-order valence-corrected chi connectivity index (χ1v) is 11.6. The highest BCUT2D eigenvalue weighted by Crippen LogP contribution is 2.33. The standard InChI is InChI=1S/C23H26BrN7O2/c1-14-12-29(2)13-21-16(22(24)28-31(21)8-9-32)5-7-20-17-10-15(4-6-19(17)26-27-20)18-11-25-30(3)23(18)33-14/h4-7,10-11,14,32H,8-9,12-13H2,1-3H3,(H,26,27)/b7-5+/t14-/m0/s1. The first kappa shape index (κ1) is 21.9. The van der Waals surface area contributed by atoms with Gasteiger partial charge in [0.25, 0.3) is 0 Å². The van der Waals surface area contributed by atoms with Crippen molar-refractivity contribution in [3.05, 3.63) is 46.0 Å². The third-order valence-electron chi connectivity index (χ3n) is 5.86. The van der Waals surface area contributed by atoms with Crippen molar-refractivity contribution in [2.45, 2.75) is 26.1 Å². The fourth-order valence-electron chi connectivity index (χ4n) is 4.33. The van der Waals surface area contributed by atoms with Gasteiger partial charge in [0.05, 0.1) is 41.8 Å². The number of aliphatic hydroxyl groups excluding tert-OH is 1. The molecule has 0 saturated carbocycles. The van der Waals surface area contributed by atoms with Crippen LogP contribution in [0.1, 0.15) is 23.9 Å². The molecule has 0 amide bonds. The van der Waals surface area contributed by atoms with Crippen LogP contribution >= 0.6 is 15.9 Å². The zero-order valence-electron chi connectivity index (χ0n) is 18.8. The van der Waals surface area contributed by atoms with E-state index in [9.17, 15) is 5.11 Å². The Morgan fingerprint density at radius 1 is 1.27 bits per heavy atom. The molecule has 33 heavy (non-hydrogen) atoms. The van der Waals surface area contributed by atoms with E-state index in [4.69, 9.17) is 4.74 Å². The van der Waals surface area contributed by atoms with E-state index in [-0.39, 0.29) is 12.7 Å². The number of aliphatic hydroxyl groups is 1. The molecule has 4 aromatic rings. The molecular formula is C23H26BrN7O2. The molecule has 10 heteroatoms. The third-order valence-corrected chi connectivity index (χ3v) is 6.45. The van der Waals surface area contributed by atoms with E-state index in [1.54, 1.807) is 4.68 Å². The molecule has 5 rings (SSSR count). The van der Waals surface area contributed by atoms with Crippen molar-refractivity contribution in [2.24, 2.45) is 7.05 Å². The van der Waals surface area contributed by atoms with Crippen LogP contribution in [-0.4, -0.2) is 66.1 Å². The van der Waals surface area contributed by atoms with Crippen molar-refractivity contribution >= 4 is 39.0 Å². The van der Waals surface area contributed by atoms with Gasteiger partial charge in [-0.05, 0) is 59.7 Å². The van der Waals surface area contributed by atoms with E-state index in [1.165, 1.54) is 0 Å². The molecule has 172 valence electrons. The molecule has 1 aromatic carbocycles. The highest BCUT2D eigenvalue weighted by Gasteiger charge is 2.21. The summed E-state index contributed by atoms with van der Waals surface area (Å²) in [5.41, 5.74) is 5.76. The predicted octanol–water partition coefficient (Wildman–Crippen LogP) is 3.30. The molecule has 0 aliphatic carbocycles. The number of nitrogens with zero attached hydrogens (tertiary/aromatic N) is 6. The van der Waals surface area contributed by atoms with E-state index >= 15 is 0 Å². The maximum Gasteiger partial charge on any atom is 0.219 e. The van der Waals surface area contributed by atoms with Crippen molar-refractivity contribution in [3.63, 3.8) is 0 Å². The lowest BCUT2D eigenvalue weighted by Gasteiger charge is -2.23. The van der Waals surface area contributed by atoms with Crippen LogP contribution in [0.25, 0.3) is 34.2 Å². The van der Waals surface area contributed by atoms with Gasteiger partial charge in [0, 0.05) is 31.1 Å². The normalized spacial score (nSPS) is 17.9. The molecule has 1 aliphatic heterocycles. The molecule has 4 heterocycles. The number of nitrogens with one attached hydrogen (secondary N) is 1. The summed E-state index contributed by atoms with van der Waals surface area (Å²) in [5.74, 6) is 0.736. The van der Waals surface area contributed by atoms with Crippen molar-refractivity contribution in [1.29, 1.82) is 0 Å². The molecular weight excluding hydrogens is 486 g/mol. The quantitative estimate of drug-likeness (QED) is 0.428. The number of ether oxygens (including phenoxy) is 1. The minimum absolute atomic E-state index is 0.0186. The Labute approximate surface area is 199 Å². The number of hydrogen-bond donors (Lipinski definition) is 2. The number of aryl methyl sites for hydroxylation is 1. The van der Waals surface area contributed by atoms with Gasteiger partial charge in [-0.2, -0.15) is 15.3 Å². The molecule has 1 atom stereocenters. The van der Waals surface area contributed by atoms with Crippen LogP contribution in [0.4, 0.5) is 0 Å². The Balaban J connectivity index is 1.68. The summed E-state index contributed by atoms with van der Waals surface area (Å²) in [5, 5.41) is 27.2. The van der Waals surface area contributed by atoms with Crippen LogP contribution in [-0.2, 0) is 20.1 Å². The zero-order valence-corrected chi connectivity index (χ0v) is 20.4. The average molecular weight is 512 g/mol. The van der Waals surface area contributed by atoms with Crippen LogP contribution in [0, 0.1) is 0 Å². The van der Waals surface area contributed by atoms with Gasteiger partial charge in [0.15, 0.2) is 0 Å². The highest BCUT2D eigenvalue weighted by molar-refractivity contribution is 9.10. The fourth-order valence-corrected chi connectivity index (χ4v) is 4.88. The number of halogens is 1. The third kappa shape index (κ3) is 4.09. The van der Waals surface area contributed by atoms with Crippen LogP contribution in [0.2, 0.25) is 0 Å². The Morgan fingerprint density at radius 2 is 2.12 bits per heavy atom. The summed E-state index contributed by atoms with van der Waals surface area (Å²) in [6.07, 6.45) is 5.84. The van der Waals surface area contributed by atoms with E-state index < -0.39 is 0 Å². The minimum Gasteiger partial charge on any atom is -0.473 e. The second-order valence-corrected chi connectivity index (χ2v) is 9.16. The summed E-state index contributed by atoms with van der Waals surface area (Å²) in [6, 6.07) is 6.16. The monoisotopic (exact) mass is 511 g/mol. The highest BCUT2D eigenvalue weighted by atomic mass is 79.9. The first-order chi connectivity index (χ1) is 15.9. The fraction of sp³-hybridized carbons (Fsp3) is 0.348. The summed E-state index contributed by atoms with van der Waals surface area (Å²) >= 11 is 3.61. The molecule has 9 nitrogen and oxygen atoms in total. The second-order valence-electron chi connectivity index (χ2n) is 8.41. The summed E-state index contributed by atoms with van der Waals surface area (Å²) in [7, 11) is 3.95. The van der Waals surface area contributed by atoms with E-state index in [1.807, 2.05) is 42.2 Å². The number of H-pyrrole nitrogens is 1. The molecule has 0 saturated heterocycles. The Kier molecular flexibility index (Phi) is 5.81. The zero-order chi connectivity index (χ0) is 23.1. The lowest BCUT2D eigenvalue weighted by Crippen LogP contribution is -2.32. The van der Waals surface area contributed by atoms with Gasteiger partial charge in [-0.25, -0.2) is 4.68 Å². The van der Waals surface area contributed by atoms with Crippen LogP contribution in [0.5, 0.6) is 5.88 Å². The largest absolute Gasteiger partial charge is 0.473 e. The van der Waals surface area contributed by atoms with Gasteiger partial charge < -0.3 is 9.84 Å². The maximum absolute atomic E-state index is 9.55. The number of fused-ring (bicyclic) bond motifs is 4. The molecule has 3 aromatic heterocycles. The maximum atomic E-state index is 9.55.